The van der Waals surface area contributed by atoms with Crippen LogP contribution in [0.25, 0.3) is 0 Å². The summed E-state index contributed by atoms with van der Waals surface area (Å²) in [5.74, 6) is -2.10. The Morgan fingerprint density at radius 2 is 0.392 bits per heavy atom. The summed E-state index contributed by atoms with van der Waals surface area (Å²) in [4.78, 5) is 73.0. The zero-order chi connectivity index (χ0) is 74.6. The average molecular weight is 1490 g/mol. The van der Waals surface area contributed by atoms with Gasteiger partial charge in [0, 0.05) is 25.7 Å². The number of esters is 4. The molecule has 0 aromatic heterocycles. The molecule has 0 amide bonds. The minimum absolute atomic E-state index is 0.109. The molecular weight excluding hydrogens is 1330 g/mol. The molecule has 3 N–H and O–H groups in total. The van der Waals surface area contributed by atoms with Crippen LogP contribution in [-0.2, 0) is 65.4 Å². The van der Waals surface area contributed by atoms with Gasteiger partial charge in [-0.15, -0.1) is 0 Å². The summed E-state index contributed by atoms with van der Waals surface area (Å²) in [6.07, 6.45) is 70.8. The number of aliphatic hydroxyl groups excluding tert-OH is 1. The van der Waals surface area contributed by atoms with Gasteiger partial charge in [0.15, 0.2) is 12.2 Å². The molecular formula is C83H162O17P2. The van der Waals surface area contributed by atoms with Crippen LogP contribution < -0.4 is 0 Å². The van der Waals surface area contributed by atoms with Gasteiger partial charge in [0.1, 0.15) is 19.3 Å². The van der Waals surface area contributed by atoms with Crippen molar-refractivity contribution in [2.75, 3.05) is 39.6 Å². The summed E-state index contributed by atoms with van der Waals surface area (Å²) in [6, 6.07) is 0. The summed E-state index contributed by atoms with van der Waals surface area (Å²) in [6.45, 7) is 5.02. The fraction of sp³-hybridized carbons (Fsp3) is 0.952. The van der Waals surface area contributed by atoms with Crippen LogP contribution in [-0.4, -0.2) is 96.7 Å². The van der Waals surface area contributed by atoms with E-state index in [0.717, 1.165) is 89.9 Å². The Morgan fingerprint density at radius 1 is 0.235 bits per heavy atom. The van der Waals surface area contributed by atoms with E-state index in [4.69, 9.17) is 37.0 Å². The van der Waals surface area contributed by atoms with Gasteiger partial charge in [-0.1, -0.05) is 400 Å². The lowest BCUT2D eigenvalue weighted by molar-refractivity contribution is -0.161. The molecule has 0 saturated carbocycles. The van der Waals surface area contributed by atoms with Gasteiger partial charge < -0.3 is 33.8 Å². The zero-order valence-corrected chi connectivity index (χ0v) is 68.4. The maximum Gasteiger partial charge on any atom is 0.472 e. The molecule has 0 aliphatic rings. The maximum atomic E-state index is 13.1. The number of aliphatic hydroxyl groups is 1. The third-order valence-electron chi connectivity index (χ3n) is 19.6. The number of rotatable bonds is 84. The van der Waals surface area contributed by atoms with Crippen molar-refractivity contribution in [1.82, 2.24) is 0 Å². The number of ether oxygens (including phenoxy) is 4. The van der Waals surface area contributed by atoms with Gasteiger partial charge in [0.2, 0.25) is 0 Å². The summed E-state index contributed by atoms with van der Waals surface area (Å²) in [7, 11) is -9.92. The predicted molar refractivity (Wildman–Crippen MR) is 419 cm³/mol. The van der Waals surface area contributed by atoms with Gasteiger partial charge >= 0.3 is 39.5 Å². The van der Waals surface area contributed by atoms with Crippen LogP contribution in [0.5, 0.6) is 0 Å². The molecule has 0 heterocycles. The topological polar surface area (TPSA) is 237 Å². The Morgan fingerprint density at radius 3 is 0.578 bits per heavy atom. The van der Waals surface area contributed by atoms with Gasteiger partial charge in [-0.3, -0.25) is 37.3 Å². The fourth-order valence-electron chi connectivity index (χ4n) is 13.0. The van der Waals surface area contributed by atoms with Crippen LogP contribution >= 0.6 is 15.6 Å². The Kier molecular flexibility index (Phi) is 75.8. The van der Waals surface area contributed by atoms with Gasteiger partial charge in [-0.2, -0.15) is 0 Å². The first-order valence-corrected chi connectivity index (χ1v) is 46.3. The van der Waals surface area contributed by atoms with Crippen molar-refractivity contribution in [3.63, 3.8) is 0 Å². The first-order valence-electron chi connectivity index (χ1n) is 43.3. The van der Waals surface area contributed by atoms with Gasteiger partial charge in [-0.25, -0.2) is 9.13 Å². The minimum Gasteiger partial charge on any atom is -0.462 e. The van der Waals surface area contributed by atoms with Crippen molar-refractivity contribution >= 4 is 39.5 Å². The van der Waals surface area contributed by atoms with Crippen LogP contribution in [0.1, 0.15) is 451 Å². The van der Waals surface area contributed by atoms with E-state index in [9.17, 15) is 43.2 Å². The number of phosphoric acid groups is 2. The van der Waals surface area contributed by atoms with Crippen molar-refractivity contribution in [1.29, 1.82) is 0 Å². The van der Waals surface area contributed by atoms with Gasteiger partial charge in [0.25, 0.3) is 0 Å². The summed E-state index contributed by atoms with van der Waals surface area (Å²) < 4.78 is 68.7. The molecule has 0 aromatic carbocycles. The highest BCUT2D eigenvalue weighted by atomic mass is 31.2. The molecule has 102 heavy (non-hydrogen) atoms. The van der Waals surface area contributed by atoms with Crippen molar-refractivity contribution < 1.29 is 80.2 Å². The van der Waals surface area contributed by atoms with Crippen LogP contribution in [0.3, 0.4) is 0 Å². The van der Waals surface area contributed by atoms with E-state index in [2.05, 4.69) is 27.7 Å². The first kappa shape index (κ1) is 100. The Bertz CT molecular complexity index is 1930. The third-order valence-corrected chi connectivity index (χ3v) is 21.5. The second kappa shape index (κ2) is 77.2. The van der Waals surface area contributed by atoms with Crippen LogP contribution in [0.2, 0.25) is 0 Å². The summed E-state index contributed by atoms with van der Waals surface area (Å²) >= 11 is 0. The first-order chi connectivity index (χ1) is 49.7. The fourth-order valence-corrected chi connectivity index (χ4v) is 14.6. The van der Waals surface area contributed by atoms with E-state index in [1.165, 1.54) is 283 Å². The van der Waals surface area contributed by atoms with Crippen LogP contribution in [0.15, 0.2) is 0 Å². The number of carbonyl (C=O) groups excluding carboxylic acids is 4. The van der Waals surface area contributed by atoms with E-state index in [1.807, 2.05) is 0 Å². The van der Waals surface area contributed by atoms with Crippen LogP contribution in [0, 0.1) is 0 Å². The largest absolute Gasteiger partial charge is 0.472 e. The van der Waals surface area contributed by atoms with E-state index in [1.54, 1.807) is 0 Å². The molecule has 0 aliphatic carbocycles. The highest BCUT2D eigenvalue weighted by Gasteiger charge is 2.30. The lowest BCUT2D eigenvalue weighted by Crippen LogP contribution is -2.30. The molecule has 0 rings (SSSR count). The van der Waals surface area contributed by atoms with E-state index < -0.39 is 97.5 Å². The molecule has 2 unspecified atom stereocenters. The van der Waals surface area contributed by atoms with Gasteiger partial charge in [-0.05, 0) is 25.7 Å². The number of hydrogen-bond acceptors (Lipinski definition) is 15. The van der Waals surface area contributed by atoms with Gasteiger partial charge in [0.05, 0.1) is 26.4 Å². The minimum atomic E-state index is -4.96. The smallest absolute Gasteiger partial charge is 0.462 e. The Labute approximate surface area is 626 Å². The molecule has 0 fully saturated rings. The number of hydrogen-bond donors (Lipinski definition) is 3. The summed E-state index contributed by atoms with van der Waals surface area (Å²) in [5.41, 5.74) is 0. The maximum absolute atomic E-state index is 13.1. The van der Waals surface area contributed by atoms with Crippen molar-refractivity contribution in [2.24, 2.45) is 0 Å². The Balaban J connectivity index is 5.19. The normalized spacial score (nSPS) is 13.8. The molecule has 0 bridgehead atoms. The second-order valence-electron chi connectivity index (χ2n) is 29.9. The summed E-state index contributed by atoms with van der Waals surface area (Å²) in [5, 5.41) is 10.6. The highest BCUT2D eigenvalue weighted by molar-refractivity contribution is 7.47. The standard InChI is InChI=1S/C83H162O17P2/c1-5-9-13-17-21-25-28-31-34-36-37-38-39-40-41-44-47-50-54-58-62-66-70-83(88)100-79(74-94-81(86)68-64-60-56-52-48-45-43-35-32-29-26-22-18-14-10-6-2)76-98-102(91,92)96-72-77(84)71-95-101(89,90)97-75-78(73-93-80(85)67-63-59-55-51-24-20-16-12-8-4)99-82(87)69-65-61-57-53-49-46-42-33-30-27-23-19-15-11-7-3/h77-79,84H,5-76H2,1-4H3,(H,89,90)(H,91,92)/t77-,78+,79+/m0/s1. The van der Waals surface area contributed by atoms with E-state index in [0.29, 0.717) is 25.7 Å². The predicted octanol–water partition coefficient (Wildman–Crippen LogP) is 25.4. The zero-order valence-electron chi connectivity index (χ0n) is 66.6. The quantitative estimate of drug-likeness (QED) is 0.0222. The molecule has 19 heteroatoms. The lowest BCUT2D eigenvalue weighted by atomic mass is 10.0. The third kappa shape index (κ3) is 76.3. The molecule has 17 nitrogen and oxygen atoms in total. The molecule has 0 saturated heterocycles. The average Bonchev–Trinajstić information content (AvgIpc) is 0.960. The SMILES string of the molecule is CCCCCCCCCCCCCCCCCCCCCCCCC(=O)O[C@H](COC(=O)CCCCCCCCCCCCCCCCCC)COP(=O)(O)OC[C@@H](O)COP(=O)(O)OC[C@@H](COC(=O)CCCCCCCCCCC)OC(=O)CCCCCCCCCCCCCCCCC. The Hall–Kier alpha value is -1.94. The molecule has 0 aromatic rings. The second-order valence-corrected chi connectivity index (χ2v) is 32.8. The number of carbonyl (C=O) groups is 4. The molecule has 5 atom stereocenters. The molecule has 0 aliphatic heterocycles. The highest BCUT2D eigenvalue weighted by Crippen LogP contribution is 2.45. The van der Waals surface area contributed by atoms with Crippen molar-refractivity contribution in [2.45, 2.75) is 470 Å². The molecule has 0 radical (unpaired) electrons. The van der Waals surface area contributed by atoms with E-state index >= 15 is 0 Å². The molecule has 606 valence electrons. The van der Waals surface area contributed by atoms with Crippen molar-refractivity contribution in [3.8, 4) is 0 Å². The lowest BCUT2D eigenvalue weighted by Gasteiger charge is -2.21. The monoisotopic (exact) mass is 1490 g/mol. The van der Waals surface area contributed by atoms with E-state index in [-0.39, 0.29) is 25.7 Å². The number of unbranched alkanes of at least 4 members (excludes halogenated alkanes) is 58. The molecule has 0 spiro atoms. The number of phosphoric ester groups is 2. The van der Waals surface area contributed by atoms with Crippen molar-refractivity contribution in [3.05, 3.63) is 0 Å². The van der Waals surface area contributed by atoms with Crippen LogP contribution in [0.4, 0.5) is 0 Å².